The number of aliphatic imine (C=N–C) groups is 1. The van der Waals surface area contributed by atoms with Crippen molar-refractivity contribution in [3.8, 4) is 0 Å². The van der Waals surface area contributed by atoms with Crippen molar-refractivity contribution in [2.75, 3.05) is 14.1 Å². The minimum Gasteiger partial charge on any atom is -0.352 e. The molecule has 0 aliphatic carbocycles. The minimum atomic E-state index is -3.48. The Hall–Kier alpha value is -2.45. The monoisotopic (exact) mass is 378 g/mol. The third-order valence-electron chi connectivity index (χ3n) is 3.86. The fraction of sp³-hybridized carbons (Fsp3) is 0.278. The van der Waals surface area contributed by atoms with E-state index in [0.29, 0.717) is 24.6 Å². The highest BCUT2D eigenvalue weighted by Gasteiger charge is 2.11. The molecule has 6 nitrogen and oxygen atoms in total. The largest absolute Gasteiger partial charge is 0.352 e. The van der Waals surface area contributed by atoms with Crippen LogP contribution in [0.4, 0.5) is 4.39 Å². The molecule has 140 valence electrons. The third kappa shape index (κ3) is 5.27. The summed E-state index contributed by atoms with van der Waals surface area (Å²) in [5.74, 6) is 0.294. The van der Waals surface area contributed by atoms with Gasteiger partial charge in [0, 0.05) is 20.1 Å². The Morgan fingerprint density at radius 1 is 1.08 bits per heavy atom. The number of rotatable bonds is 6. The van der Waals surface area contributed by atoms with Gasteiger partial charge in [-0.25, -0.2) is 17.5 Å². The van der Waals surface area contributed by atoms with E-state index in [-0.39, 0.29) is 10.7 Å². The first-order valence-electron chi connectivity index (χ1n) is 8.07. The van der Waals surface area contributed by atoms with Gasteiger partial charge in [-0.2, -0.15) is 0 Å². The topological polar surface area (TPSA) is 82.6 Å². The van der Waals surface area contributed by atoms with E-state index in [0.717, 1.165) is 11.1 Å². The smallest absolute Gasteiger partial charge is 0.240 e. The molecular weight excluding hydrogens is 355 g/mol. The van der Waals surface area contributed by atoms with Crippen molar-refractivity contribution in [1.29, 1.82) is 0 Å². The fourth-order valence-electron chi connectivity index (χ4n) is 2.28. The molecule has 0 radical (unpaired) electrons. The van der Waals surface area contributed by atoms with Gasteiger partial charge in [-0.15, -0.1) is 0 Å². The average molecular weight is 378 g/mol. The van der Waals surface area contributed by atoms with Crippen LogP contribution in [-0.2, 0) is 23.1 Å². The molecule has 2 rings (SSSR count). The summed E-state index contributed by atoms with van der Waals surface area (Å²) in [5.41, 5.74) is 2.21. The van der Waals surface area contributed by atoms with Gasteiger partial charge in [-0.1, -0.05) is 24.3 Å². The SMILES string of the molecule is CN=C(NCc1cccc(S(=O)(=O)NC)c1)NCc1ccc(C)c(F)c1. The van der Waals surface area contributed by atoms with Crippen LogP contribution in [0.5, 0.6) is 0 Å². The molecular formula is C18H23FN4O2S. The van der Waals surface area contributed by atoms with E-state index in [4.69, 9.17) is 0 Å². The first kappa shape index (κ1) is 19.9. The average Bonchev–Trinajstić information content (AvgIpc) is 2.65. The standard InChI is InChI=1S/C18H23FN4O2S/c1-13-7-8-15(10-17(13)19)12-23-18(20-2)22-11-14-5-4-6-16(9-14)26(24,25)21-3/h4-10,21H,11-12H2,1-3H3,(H2,20,22,23). The molecule has 0 aliphatic rings. The summed E-state index contributed by atoms with van der Waals surface area (Å²) in [6.45, 7) is 2.54. The molecule has 0 unspecified atom stereocenters. The van der Waals surface area contributed by atoms with E-state index in [1.165, 1.54) is 19.2 Å². The quantitative estimate of drug-likeness (QED) is 0.530. The van der Waals surface area contributed by atoms with Crippen molar-refractivity contribution in [3.05, 3.63) is 65.0 Å². The van der Waals surface area contributed by atoms with E-state index in [2.05, 4.69) is 20.3 Å². The van der Waals surface area contributed by atoms with Crippen LogP contribution in [-0.4, -0.2) is 28.5 Å². The molecule has 0 bridgehead atoms. The molecule has 0 fully saturated rings. The van der Waals surface area contributed by atoms with Crippen molar-refractivity contribution in [1.82, 2.24) is 15.4 Å². The van der Waals surface area contributed by atoms with Gasteiger partial charge >= 0.3 is 0 Å². The van der Waals surface area contributed by atoms with Gasteiger partial charge in [0.1, 0.15) is 5.82 Å². The number of hydrogen-bond acceptors (Lipinski definition) is 3. The summed E-state index contributed by atoms with van der Waals surface area (Å²) in [5, 5.41) is 6.21. The number of aryl methyl sites for hydroxylation is 1. The lowest BCUT2D eigenvalue weighted by Gasteiger charge is -2.13. The molecule has 2 aromatic carbocycles. The van der Waals surface area contributed by atoms with Gasteiger partial charge in [0.15, 0.2) is 5.96 Å². The van der Waals surface area contributed by atoms with Crippen molar-refractivity contribution in [2.24, 2.45) is 4.99 Å². The van der Waals surface area contributed by atoms with Gasteiger partial charge in [-0.05, 0) is 48.9 Å². The van der Waals surface area contributed by atoms with Crippen LogP contribution < -0.4 is 15.4 Å². The summed E-state index contributed by atoms with van der Waals surface area (Å²) < 4.78 is 39.6. The zero-order valence-electron chi connectivity index (χ0n) is 15.0. The summed E-state index contributed by atoms with van der Waals surface area (Å²) >= 11 is 0. The molecule has 0 saturated carbocycles. The highest BCUT2D eigenvalue weighted by atomic mass is 32.2. The molecule has 0 spiro atoms. The van der Waals surface area contributed by atoms with E-state index in [9.17, 15) is 12.8 Å². The lowest BCUT2D eigenvalue weighted by molar-refractivity contribution is 0.588. The van der Waals surface area contributed by atoms with E-state index in [1.54, 1.807) is 32.2 Å². The number of benzene rings is 2. The molecule has 0 aromatic heterocycles. The van der Waals surface area contributed by atoms with Gasteiger partial charge in [0.05, 0.1) is 4.90 Å². The highest BCUT2D eigenvalue weighted by Crippen LogP contribution is 2.11. The molecule has 26 heavy (non-hydrogen) atoms. The Morgan fingerprint density at radius 3 is 2.31 bits per heavy atom. The molecule has 3 N–H and O–H groups in total. The molecule has 8 heteroatoms. The molecule has 0 amide bonds. The maximum Gasteiger partial charge on any atom is 0.240 e. The van der Waals surface area contributed by atoms with Crippen LogP contribution in [0.25, 0.3) is 0 Å². The summed E-state index contributed by atoms with van der Waals surface area (Å²) in [4.78, 5) is 4.32. The third-order valence-corrected chi connectivity index (χ3v) is 5.27. The van der Waals surface area contributed by atoms with Gasteiger partial charge < -0.3 is 10.6 Å². The second-order valence-electron chi connectivity index (χ2n) is 5.72. The van der Waals surface area contributed by atoms with Gasteiger partial charge in [0.25, 0.3) is 0 Å². The second kappa shape index (κ2) is 8.77. The van der Waals surface area contributed by atoms with E-state index < -0.39 is 10.0 Å². The summed E-state index contributed by atoms with van der Waals surface area (Å²) in [7, 11) is -0.471. The van der Waals surface area contributed by atoms with E-state index in [1.807, 2.05) is 12.1 Å². The van der Waals surface area contributed by atoms with Crippen molar-refractivity contribution in [3.63, 3.8) is 0 Å². The second-order valence-corrected chi connectivity index (χ2v) is 7.60. The van der Waals surface area contributed by atoms with Crippen LogP contribution in [0.15, 0.2) is 52.4 Å². The van der Waals surface area contributed by atoms with E-state index >= 15 is 0 Å². The van der Waals surface area contributed by atoms with Gasteiger partial charge in [-0.3, -0.25) is 4.99 Å². The molecule has 2 aromatic rings. The Labute approximate surface area is 153 Å². The summed E-state index contributed by atoms with van der Waals surface area (Å²) in [6, 6.07) is 11.7. The van der Waals surface area contributed by atoms with Crippen molar-refractivity contribution >= 4 is 16.0 Å². The predicted molar refractivity (Wildman–Crippen MR) is 101 cm³/mol. The van der Waals surface area contributed by atoms with Crippen LogP contribution >= 0.6 is 0 Å². The number of nitrogens with one attached hydrogen (secondary N) is 3. The number of hydrogen-bond donors (Lipinski definition) is 3. The Bertz CT molecular complexity index is 898. The lowest BCUT2D eigenvalue weighted by atomic mass is 10.1. The predicted octanol–water partition coefficient (Wildman–Crippen LogP) is 1.91. The lowest BCUT2D eigenvalue weighted by Crippen LogP contribution is -2.36. The van der Waals surface area contributed by atoms with Crippen LogP contribution in [0.3, 0.4) is 0 Å². The number of sulfonamides is 1. The van der Waals surface area contributed by atoms with Crippen LogP contribution in [0, 0.1) is 12.7 Å². The molecule has 0 heterocycles. The molecule has 0 saturated heterocycles. The first-order valence-corrected chi connectivity index (χ1v) is 9.56. The Kier molecular flexibility index (Phi) is 6.70. The van der Waals surface area contributed by atoms with Crippen molar-refractivity contribution < 1.29 is 12.8 Å². The first-order chi connectivity index (χ1) is 12.4. The zero-order valence-corrected chi connectivity index (χ0v) is 15.8. The number of nitrogens with zero attached hydrogens (tertiary/aromatic N) is 1. The Balaban J connectivity index is 1.97. The maximum atomic E-state index is 13.6. The minimum absolute atomic E-state index is 0.206. The number of guanidine groups is 1. The summed E-state index contributed by atoms with van der Waals surface area (Å²) in [6.07, 6.45) is 0. The fourth-order valence-corrected chi connectivity index (χ4v) is 3.08. The Morgan fingerprint density at radius 2 is 1.73 bits per heavy atom. The molecule has 0 aliphatic heterocycles. The highest BCUT2D eigenvalue weighted by molar-refractivity contribution is 7.89. The van der Waals surface area contributed by atoms with Gasteiger partial charge in [0.2, 0.25) is 10.0 Å². The van der Waals surface area contributed by atoms with Crippen molar-refractivity contribution in [2.45, 2.75) is 24.9 Å². The molecule has 0 atom stereocenters. The zero-order chi connectivity index (χ0) is 19.2. The number of halogens is 1. The normalized spacial score (nSPS) is 12.1. The maximum absolute atomic E-state index is 13.6. The van der Waals surface area contributed by atoms with Crippen LogP contribution in [0.1, 0.15) is 16.7 Å². The van der Waals surface area contributed by atoms with Crippen LogP contribution in [0.2, 0.25) is 0 Å².